The van der Waals surface area contributed by atoms with Crippen molar-refractivity contribution in [1.29, 1.82) is 0 Å². The number of nitrogens with zero attached hydrogens (tertiary/aromatic N) is 4. The molecule has 0 aromatic heterocycles. The number of hydrogen-bond donors (Lipinski definition) is 0. The molecule has 0 saturated carbocycles. The molecule has 3 aliphatic heterocycles. The first-order chi connectivity index (χ1) is 19.0. The van der Waals surface area contributed by atoms with Gasteiger partial charge in [-0.2, -0.15) is 0 Å². The molecule has 1 atom stereocenters. The van der Waals surface area contributed by atoms with Gasteiger partial charge in [-0.25, -0.2) is 9.38 Å². The van der Waals surface area contributed by atoms with Crippen LogP contribution in [0.5, 0.6) is 0 Å². The van der Waals surface area contributed by atoms with Crippen LogP contribution in [0.2, 0.25) is 0 Å². The van der Waals surface area contributed by atoms with Crippen LogP contribution in [0.25, 0.3) is 5.57 Å². The van der Waals surface area contributed by atoms with E-state index in [0.717, 1.165) is 59.9 Å². The minimum atomic E-state index is -0.221. The molecule has 2 aromatic rings. The number of amidine groups is 1. The first-order valence-corrected chi connectivity index (χ1v) is 13.6. The normalized spacial score (nSPS) is 19.5. The van der Waals surface area contributed by atoms with Gasteiger partial charge in [0.1, 0.15) is 17.4 Å². The summed E-state index contributed by atoms with van der Waals surface area (Å²) < 4.78 is 19.2. The molecule has 1 amide bonds. The highest BCUT2D eigenvalue weighted by atomic mass is 19.1. The molecule has 0 aliphatic carbocycles. The summed E-state index contributed by atoms with van der Waals surface area (Å²) in [6, 6.07) is 15.2. The van der Waals surface area contributed by atoms with Gasteiger partial charge in [0, 0.05) is 44.6 Å². The Hall–Kier alpha value is -4.00. The summed E-state index contributed by atoms with van der Waals surface area (Å²) >= 11 is 0. The second-order valence-electron chi connectivity index (χ2n) is 10.1. The fourth-order valence-corrected chi connectivity index (χ4v) is 5.26. The molecule has 0 N–H and O–H groups in total. The minimum absolute atomic E-state index is 0.114. The summed E-state index contributed by atoms with van der Waals surface area (Å²) in [6.45, 7) is 4.68. The predicted octanol–water partition coefficient (Wildman–Crippen LogP) is 5.55. The van der Waals surface area contributed by atoms with Crippen molar-refractivity contribution in [3.8, 4) is 0 Å². The number of aliphatic imine (C=N–C) groups is 2. The number of carbonyl (C=O) groups is 1. The number of piperazine rings is 1. The average Bonchev–Trinajstić information content (AvgIpc) is 3.38. The Bertz CT molecular complexity index is 1350. The number of ether oxygens (including phenoxy) is 1. The summed E-state index contributed by atoms with van der Waals surface area (Å²) in [5.74, 6) is 1.73. The zero-order chi connectivity index (χ0) is 27.2. The van der Waals surface area contributed by atoms with E-state index in [1.165, 1.54) is 6.07 Å². The van der Waals surface area contributed by atoms with Crippen LogP contribution in [0.4, 0.5) is 4.39 Å². The van der Waals surface area contributed by atoms with E-state index in [2.05, 4.69) is 34.2 Å². The minimum Gasteiger partial charge on any atom is -0.495 e. The number of amides is 1. The first-order valence-electron chi connectivity index (χ1n) is 13.6. The first kappa shape index (κ1) is 26.6. The van der Waals surface area contributed by atoms with E-state index in [1.54, 1.807) is 26.3 Å². The maximum Gasteiger partial charge on any atom is 0.222 e. The van der Waals surface area contributed by atoms with Crippen LogP contribution in [0.3, 0.4) is 0 Å². The average molecular weight is 527 g/mol. The zero-order valence-corrected chi connectivity index (χ0v) is 22.6. The lowest BCUT2D eigenvalue weighted by Crippen LogP contribution is -2.50. The number of carbonyl (C=O) groups excluding carboxylic acids is 1. The van der Waals surface area contributed by atoms with Crippen molar-refractivity contribution in [2.24, 2.45) is 9.98 Å². The van der Waals surface area contributed by atoms with Gasteiger partial charge < -0.3 is 14.5 Å². The van der Waals surface area contributed by atoms with Crippen LogP contribution in [0.1, 0.15) is 42.4 Å². The van der Waals surface area contributed by atoms with Crippen molar-refractivity contribution in [1.82, 2.24) is 9.80 Å². The molecule has 7 heteroatoms. The second kappa shape index (κ2) is 12.2. The van der Waals surface area contributed by atoms with Crippen LogP contribution in [-0.4, -0.2) is 66.6 Å². The Morgan fingerprint density at radius 2 is 1.87 bits per heavy atom. The Morgan fingerprint density at radius 1 is 1.08 bits per heavy atom. The van der Waals surface area contributed by atoms with E-state index in [-0.39, 0.29) is 17.8 Å². The number of benzene rings is 2. The van der Waals surface area contributed by atoms with E-state index < -0.39 is 0 Å². The third-order valence-corrected chi connectivity index (χ3v) is 7.53. The molecular formula is C32H35FN4O2. The van der Waals surface area contributed by atoms with Gasteiger partial charge in [-0.1, -0.05) is 36.4 Å². The van der Waals surface area contributed by atoms with Gasteiger partial charge >= 0.3 is 0 Å². The lowest BCUT2D eigenvalue weighted by Gasteiger charge is -2.36. The zero-order valence-electron chi connectivity index (χ0n) is 22.6. The largest absolute Gasteiger partial charge is 0.495 e. The summed E-state index contributed by atoms with van der Waals surface area (Å²) in [6.07, 6.45) is 10.8. The lowest BCUT2D eigenvalue weighted by atomic mass is 9.95. The van der Waals surface area contributed by atoms with Gasteiger partial charge in [-0.05, 0) is 66.8 Å². The van der Waals surface area contributed by atoms with Crippen molar-refractivity contribution in [2.45, 2.75) is 38.6 Å². The SMILES string of the molecule is COC1=CN=C(N2CCN(C(=O)CCC3N=C(c4ccc(F)c(C)c4)C=C3c3ccccc3)CC2)CCC=C1. The number of hydrogen-bond acceptors (Lipinski definition) is 5. The van der Waals surface area contributed by atoms with Crippen molar-refractivity contribution in [3.63, 3.8) is 0 Å². The van der Waals surface area contributed by atoms with E-state index >= 15 is 0 Å². The number of aryl methyl sites for hydroxylation is 1. The highest BCUT2D eigenvalue weighted by molar-refractivity contribution is 6.15. The number of halogens is 1. The van der Waals surface area contributed by atoms with Gasteiger partial charge in [-0.3, -0.25) is 9.79 Å². The van der Waals surface area contributed by atoms with Crippen molar-refractivity contribution < 1.29 is 13.9 Å². The topological polar surface area (TPSA) is 57.5 Å². The summed E-state index contributed by atoms with van der Waals surface area (Å²) in [5, 5.41) is 0. The number of rotatable bonds is 6. The number of allylic oxidation sites excluding steroid dienone is 3. The molecule has 2 aromatic carbocycles. The molecule has 1 saturated heterocycles. The van der Waals surface area contributed by atoms with E-state index in [4.69, 9.17) is 9.73 Å². The molecule has 0 radical (unpaired) electrons. The second-order valence-corrected chi connectivity index (χ2v) is 10.1. The molecule has 1 unspecified atom stereocenters. The van der Waals surface area contributed by atoms with Crippen LogP contribution in [0.15, 0.2) is 88.7 Å². The molecule has 0 spiro atoms. The standard InChI is InChI=1S/C32H35FN4O2/c1-23-20-25(12-13-28(23)33)30-21-27(24-8-4-3-5-9-24)29(35-30)14-15-32(38)37-18-16-36(17-19-37)31-11-7-6-10-26(39-2)22-34-31/h3-6,8-10,12-13,20-22,29H,7,11,14-19H2,1-2H3. The summed E-state index contributed by atoms with van der Waals surface area (Å²) in [5.41, 5.74) is 4.53. The third kappa shape index (κ3) is 6.36. The fraction of sp³-hybridized carbons (Fsp3) is 0.344. The predicted molar refractivity (Wildman–Crippen MR) is 154 cm³/mol. The van der Waals surface area contributed by atoms with Crippen LogP contribution in [-0.2, 0) is 9.53 Å². The fourth-order valence-electron chi connectivity index (χ4n) is 5.26. The van der Waals surface area contributed by atoms with Crippen molar-refractivity contribution >= 4 is 23.0 Å². The Kier molecular flexibility index (Phi) is 8.35. The summed E-state index contributed by atoms with van der Waals surface area (Å²) in [4.78, 5) is 27.1. The lowest BCUT2D eigenvalue weighted by molar-refractivity contribution is -0.132. The maximum atomic E-state index is 13.9. The molecule has 3 heterocycles. The number of methoxy groups -OCH3 is 1. The van der Waals surface area contributed by atoms with Gasteiger partial charge in [0.2, 0.25) is 5.91 Å². The molecule has 5 rings (SSSR count). The van der Waals surface area contributed by atoms with Crippen molar-refractivity contribution in [3.05, 3.63) is 101 Å². The van der Waals surface area contributed by atoms with Crippen LogP contribution >= 0.6 is 0 Å². The Labute approximate surface area is 229 Å². The van der Waals surface area contributed by atoms with Gasteiger partial charge in [0.05, 0.1) is 25.1 Å². The van der Waals surface area contributed by atoms with E-state index in [0.29, 0.717) is 31.5 Å². The van der Waals surface area contributed by atoms with Crippen LogP contribution in [0, 0.1) is 12.7 Å². The smallest absolute Gasteiger partial charge is 0.222 e. The van der Waals surface area contributed by atoms with E-state index in [9.17, 15) is 9.18 Å². The van der Waals surface area contributed by atoms with Crippen LogP contribution < -0.4 is 0 Å². The molecule has 3 aliphatic rings. The van der Waals surface area contributed by atoms with Gasteiger partial charge in [0.25, 0.3) is 0 Å². The van der Waals surface area contributed by atoms with Gasteiger partial charge in [-0.15, -0.1) is 0 Å². The third-order valence-electron chi connectivity index (χ3n) is 7.53. The molecule has 1 fully saturated rings. The monoisotopic (exact) mass is 526 g/mol. The molecule has 0 bridgehead atoms. The highest BCUT2D eigenvalue weighted by Crippen LogP contribution is 2.31. The quantitative estimate of drug-likeness (QED) is 0.496. The van der Waals surface area contributed by atoms with E-state index in [1.807, 2.05) is 35.2 Å². The van der Waals surface area contributed by atoms with Gasteiger partial charge in [0.15, 0.2) is 0 Å². The Balaban J connectivity index is 1.22. The molecular weight excluding hydrogens is 491 g/mol. The Morgan fingerprint density at radius 3 is 2.62 bits per heavy atom. The molecule has 202 valence electrons. The molecule has 6 nitrogen and oxygen atoms in total. The summed E-state index contributed by atoms with van der Waals surface area (Å²) in [7, 11) is 1.65. The molecule has 39 heavy (non-hydrogen) atoms. The highest BCUT2D eigenvalue weighted by Gasteiger charge is 2.27. The maximum absolute atomic E-state index is 13.9. The van der Waals surface area contributed by atoms with Crippen molar-refractivity contribution in [2.75, 3.05) is 33.3 Å².